The molecule has 128 valence electrons. The zero-order valence-corrected chi connectivity index (χ0v) is 16.8. The summed E-state index contributed by atoms with van der Waals surface area (Å²) in [5.41, 5.74) is 0.477. The van der Waals surface area contributed by atoms with Crippen molar-refractivity contribution in [3.63, 3.8) is 0 Å². The van der Waals surface area contributed by atoms with E-state index in [9.17, 15) is 0 Å². The van der Waals surface area contributed by atoms with Crippen LogP contribution in [0.2, 0.25) is 0 Å². The summed E-state index contributed by atoms with van der Waals surface area (Å²) in [6.45, 7) is 13.5. The summed E-state index contributed by atoms with van der Waals surface area (Å²) >= 11 is 3.51. The quantitative estimate of drug-likeness (QED) is 0.722. The van der Waals surface area contributed by atoms with E-state index in [-0.39, 0.29) is 10.8 Å². The van der Waals surface area contributed by atoms with Gasteiger partial charge in [-0.3, -0.25) is 0 Å². The van der Waals surface area contributed by atoms with Gasteiger partial charge in [0.2, 0.25) is 0 Å². The minimum atomic E-state index is 0.209. The van der Waals surface area contributed by atoms with E-state index in [0.717, 1.165) is 52.1 Å². The molecule has 0 N–H and O–H groups in total. The minimum absolute atomic E-state index is 0.209. The molecule has 0 saturated heterocycles. The summed E-state index contributed by atoms with van der Waals surface area (Å²) in [5.74, 6) is 0. The number of aromatic nitrogens is 4. The highest BCUT2D eigenvalue weighted by molar-refractivity contribution is 7.11. The molecule has 0 amide bonds. The van der Waals surface area contributed by atoms with Crippen molar-refractivity contribution >= 4 is 22.7 Å². The molecule has 0 radical (unpaired) electrons. The van der Waals surface area contributed by atoms with Crippen molar-refractivity contribution in [3.8, 4) is 0 Å². The molecule has 2 aromatic rings. The average Bonchev–Trinajstić information content (AvgIpc) is 3.03. The van der Waals surface area contributed by atoms with Crippen LogP contribution in [0.1, 0.15) is 68.0 Å². The molecule has 0 fully saturated rings. The van der Waals surface area contributed by atoms with Gasteiger partial charge < -0.3 is 0 Å². The zero-order valence-electron chi connectivity index (χ0n) is 15.1. The molecule has 6 heteroatoms. The van der Waals surface area contributed by atoms with Crippen LogP contribution >= 0.6 is 22.7 Å². The Morgan fingerprint density at radius 1 is 0.739 bits per heavy atom. The van der Waals surface area contributed by atoms with Gasteiger partial charge in [0, 0.05) is 19.3 Å². The largest absolute Gasteiger partial charge is 0.144 e. The van der Waals surface area contributed by atoms with Gasteiger partial charge in [0.25, 0.3) is 0 Å². The normalized spacial score (nSPS) is 12.8. The summed E-state index contributed by atoms with van der Waals surface area (Å²) in [6, 6.07) is 0. The molecule has 0 aliphatic carbocycles. The number of nitrogens with zero attached hydrogens (tertiary/aromatic N) is 4. The van der Waals surface area contributed by atoms with Gasteiger partial charge in [0.15, 0.2) is 0 Å². The van der Waals surface area contributed by atoms with Gasteiger partial charge in [-0.15, -0.1) is 43.1 Å². The van der Waals surface area contributed by atoms with E-state index in [0.29, 0.717) is 0 Å². The van der Waals surface area contributed by atoms with Crippen LogP contribution in [0, 0.1) is 10.8 Å². The molecule has 0 unspecified atom stereocenters. The second-order valence-corrected chi connectivity index (χ2v) is 10.4. The van der Waals surface area contributed by atoms with E-state index >= 15 is 0 Å². The molecule has 0 bridgehead atoms. The molecule has 2 aromatic heterocycles. The molecule has 0 aromatic carbocycles. The summed E-state index contributed by atoms with van der Waals surface area (Å²) in [7, 11) is 0. The van der Waals surface area contributed by atoms with Crippen molar-refractivity contribution in [1.29, 1.82) is 0 Å². The van der Waals surface area contributed by atoms with E-state index in [2.05, 4.69) is 61.9 Å². The van der Waals surface area contributed by atoms with Crippen molar-refractivity contribution in [1.82, 2.24) is 20.4 Å². The van der Waals surface area contributed by atoms with E-state index in [4.69, 9.17) is 0 Å². The van der Waals surface area contributed by atoms with Crippen molar-refractivity contribution in [2.45, 2.75) is 73.6 Å². The van der Waals surface area contributed by atoms with Crippen LogP contribution in [-0.4, -0.2) is 20.4 Å². The first-order chi connectivity index (χ1) is 10.7. The van der Waals surface area contributed by atoms with Crippen molar-refractivity contribution in [2.24, 2.45) is 10.8 Å². The summed E-state index contributed by atoms with van der Waals surface area (Å²) < 4.78 is 0. The first-order valence-electron chi connectivity index (χ1n) is 8.29. The standard InChI is InChI=1S/C17H28N4S2/c1-7-12-18-21-15(22-12)11-17(5,6)9-8-13-19-20-14(23-13)10-16(2,3)4/h7-11H2,1-6H3. The fourth-order valence-corrected chi connectivity index (χ4v) is 4.55. The maximum absolute atomic E-state index is 4.37. The number of hydrogen-bond acceptors (Lipinski definition) is 6. The average molecular weight is 353 g/mol. The molecule has 0 saturated carbocycles. The topological polar surface area (TPSA) is 51.6 Å². The second-order valence-electron chi connectivity index (χ2n) is 8.11. The van der Waals surface area contributed by atoms with Gasteiger partial charge in [-0.25, -0.2) is 0 Å². The molecule has 0 aliphatic heterocycles. The van der Waals surface area contributed by atoms with Gasteiger partial charge in [-0.05, 0) is 23.7 Å². The Balaban J connectivity index is 1.88. The van der Waals surface area contributed by atoms with Crippen LogP contribution in [0.3, 0.4) is 0 Å². The molecule has 0 spiro atoms. The monoisotopic (exact) mass is 352 g/mol. The molecule has 4 nitrogen and oxygen atoms in total. The van der Waals surface area contributed by atoms with E-state index < -0.39 is 0 Å². The van der Waals surface area contributed by atoms with E-state index in [1.165, 1.54) is 0 Å². The van der Waals surface area contributed by atoms with E-state index in [1.54, 1.807) is 22.7 Å². The minimum Gasteiger partial charge on any atom is -0.144 e. The Bertz CT molecular complexity index is 623. The number of aryl methyl sites for hydroxylation is 2. The maximum atomic E-state index is 4.37. The van der Waals surface area contributed by atoms with E-state index in [1.807, 2.05) is 0 Å². The van der Waals surface area contributed by atoms with Gasteiger partial charge >= 0.3 is 0 Å². The molecule has 0 aliphatic rings. The van der Waals surface area contributed by atoms with Crippen LogP contribution in [0.15, 0.2) is 0 Å². The first kappa shape index (κ1) is 18.5. The highest BCUT2D eigenvalue weighted by Crippen LogP contribution is 2.30. The zero-order chi connectivity index (χ0) is 17.1. The van der Waals surface area contributed by atoms with Crippen LogP contribution in [-0.2, 0) is 25.7 Å². The molecule has 23 heavy (non-hydrogen) atoms. The highest BCUT2D eigenvalue weighted by atomic mass is 32.1. The lowest BCUT2D eigenvalue weighted by molar-refractivity contribution is 0.331. The fraction of sp³-hybridized carbons (Fsp3) is 0.765. The molecule has 2 heterocycles. The van der Waals surface area contributed by atoms with Gasteiger partial charge in [-0.2, -0.15) is 0 Å². The Morgan fingerprint density at radius 2 is 1.26 bits per heavy atom. The summed E-state index contributed by atoms with van der Waals surface area (Å²) in [6.07, 6.45) is 5.04. The predicted molar refractivity (Wildman–Crippen MR) is 98.2 cm³/mol. The van der Waals surface area contributed by atoms with Gasteiger partial charge in [0.1, 0.15) is 20.0 Å². The number of rotatable bonds is 7. The summed E-state index contributed by atoms with van der Waals surface area (Å²) in [4.78, 5) is 0. The van der Waals surface area contributed by atoms with Crippen LogP contribution in [0.4, 0.5) is 0 Å². The van der Waals surface area contributed by atoms with Gasteiger partial charge in [0.05, 0.1) is 0 Å². The first-order valence-corrected chi connectivity index (χ1v) is 9.93. The fourth-order valence-electron chi connectivity index (χ4n) is 2.36. The predicted octanol–water partition coefficient (Wildman–Crippen LogP) is 4.74. The maximum Gasteiger partial charge on any atom is 0.117 e. The molecule has 0 atom stereocenters. The van der Waals surface area contributed by atoms with Crippen molar-refractivity contribution in [3.05, 3.63) is 20.0 Å². The third-order valence-electron chi connectivity index (χ3n) is 3.65. The Labute approximate surface area is 147 Å². The summed E-state index contributed by atoms with van der Waals surface area (Å²) in [5, 5.41) is 21.9. The lowest BCUT2D eigenvalue weighted by Crippen LogP contribution is -2.16. The van der Waals surface area contributed by atoms with Crippen molar-refractivity contribution < 1.29 is 0 Å². The lowest BCUT2D eigenvalue weighted by Gasteiger charge is -2.22. The van der Waals surface area contributed by atoms with Crippen LogP contribution in [0.25, 0.3) is 0 Å². The Hall–Kier alpha value is -0.880. The molecular formula is C17H28N4S2. The third kappa shape index (κ3) is 6.26. The smallest absolute Gasteiger partial charge is 0.117 e. The second kappa shape index (κ2) is 7.34. The molecular weight excluding hydrogens is 324 g/mol. The van der Waals surface area contributed by atoms with Crippen LogP contribution < -0.4 is 0 Å². The van der Waals surface area contributed by atoms with Crippen LogP contribution in [0.5, 0.6) is 0 Å². The molecule has 2 rings (SSSR count). The highest BCUT2D eigenvalue weighted by Gasteiger charge is 2.22. The van der Waals surface area contributed by atoms with Gasteiger partial charge in [-0.1, -0.05) is 41.5 Å². The number of hydrogen-bond donors (Lipinski definition) is 0. The Kier molecular flexibility index (Phi) is 5.89. The third-order valence-corrected chi connectivity index (χ3v) is 5.70. The van der Waals surface area contributed by atoms with Crippen molar-refractivity contribution in [2.75, 3.05) is 0 Å². The lowest BCUT2D eigenvalue weighted by atomic mass is 9.85. The Morgan fingerprint density at radius 3 is 1.83 bits per heavy atom. The SMILES string of the molecule is CCc1nnc(CC(C)(C)CCc2nnc(CC(C)(C)C)s2)s1.